The van der Waals surface area contributed by atoms with Gasteiger partial charge in [-0.25, -0.2) is 4.98 Å². The van der Waals surface area contributed by atoms with Crippen LogP contribution in [0.25, 0.3) is 11.0 Å². The molecule has 1 aliphatic rings. The maximum Gasteiger partial charge on any atom is 0.204 e. The molecule has 122 valence electrons. The lowest BCUT2D eigenvalue weighted by atomic mass is 10.2. The third kappa shape index (κ3) is 2.47. The topological polar surface area (TPSA) is 51.4 Å². The van der Waals surface area contributed by atoms with Crippen LogP contribution in [0.2, 0.25) is 0 Å². The molecule has 4 rings (SSSR count). The Morgan fingerprint density at radius 3 is 2.88 bits per heavy atom. The zero-order valence-electron chi connectivity index (χ0n) is 13.3. The van der Waals surface area contributed by atoms with E-state index in [1.807, 2.05) is 24.3 Å². The van der Waals surface area contributed by atoms with Crippen LogP contribution in [0.1, 0.15) is 11.3 Å². The lowest BCUT2D eigenvalue weighted by Gasteiger charge is -2.19. The van der Waals surface area contributed by atoms with Gasteiger partial charge in [-0.3, -0.25) is 9.56 Å². The molecule has 0 bridgehead atoms. The molecule has 0 saturated carbocycles. The molecule has 0 fully saturated rings. The summed E-state index contributed by atoms with van der Waals surface area (Å²) in [5, 5.41) is 4.44. The van der Waals surface area contributed by atoms with Crippen molar-refractivity contribution in [3.8, 4) is 5.75 Å². The van der Waals surface area contributed by atoms with Crippen LogP contribution >= 0.6 is 15.9 Å². The number of aromatic nitrogens is 2. The molecular formula is C18H17BrN4O. The van der Waals surface area contributed by atoms with Gasteiger partial charge in [0.15, 0.2) is 5.65 Å². The summed E-state index contributed by atoms with van der Waals surface area (Å²) in [4.78, 5) is 9.23. The Morgan fingerprint density at radius 1 is 1.25 bits per heavy atom. The lowest BCUT2D eigenvalue weighted by molar-refractivity contribution is 0.419. The highest BCUT2D eigenvalue weighted by atomic mass is 79.9. The Morgan fingerprint density at radius 2 is 2.08 bits per heavy atom. The first-order chi connectivity index (χ1) is 11.8. The highest BCUT2D eigenvalue weighted by Crippen LogP contribution is 2.37. The largest absolute Gasteiger partial charge is 0.496 e. The number of rotatable bonds is 3. The normalized spacial score (nSPS) is 13.5. The van der Waals surface area contributed by atoms with Crippen LogP contribution in [0.3, 0.4) is 0 Å². The molecule has 0 amide bonds. The van der Waals surface area contributed by atoms with Crippen molar-refractivity contribution < 1.29 is 4.74 Å². The fourth-order valence-electron chi connectivity index (χ4n) is 3.05. The Kier molecular flexibility index (Phi) is 3.98. The van der Waals surface area contributed by atoms with Crippen molar-refractivity contribution in [2.24, 2.45) is 4.99 Å². The first-order valence-electron chi connectivity index (χ1n) is 7.84. The van der Waals surface area contributed by atoms with E-state index in [0.717, 1.165) is 46.7 Å². The second-order valence-corrected chi connectivity index (χ2v) is 6.40. The van der Waals surface area contributed by atoms with Gasteiger partial charge in [0, 0.05) is 31.4 Å². The number of benzene rings is 1. The van der Waals surface area contributed by atoms with Gasteiger partial charge >= 0.3 is 0 Å². The van der Waals surface area contributed by atoms with Crippen molar-refractivity contribution in [2.75, 3.05) is 13.7 Å². The van der Waals surface area contributed by atoms with Crippen molar-refractivity contribution >= 4 is 32.9 Å². The van der Waals surface area contributed by atoms with Gasteiger partial charge in [-0.1, -0.05) is 30.3 Å². The summed E-state index contributed by atoms with van der Waals surface area (Å²) >= 11 is 3.73. The number of fused-ring (bicyclic) bond motifs is 3. The van der Waals surface area contributed by atoms with E-state index >= 15 is 0 Å². The molecule has 0 aliphatic carbocycles. The van der Waals surface area contributed by atoms with Crippen molar-refractivity contribution in [2.45, 2.75) is 13.0 Å². The number of hydrogen-bond acceptors (Lipinski definition) is 4. The summed E-state index contributed by atoms with van der Waals surface area (Å²) in [6, 6.07) is 12.2. The second kappa shape index (κ2) is 6.28. The van der Waals surface area contributed by atoms with E-state index in [4.69, 9.17) is 4.74 Å². The predicted octanol–water partition coefficient (Wildman–Crippen LogP) is 3.36. The van der Waals surface area contributed by atoms with Gasteiger partial charge in [0.2, 0.25) is 5.96 Å². The molecule has 2 aromatic heterocycles. The standard InChI is InChI=1S/C18H17BrN4O/c1-24-14-8-10-20-17-15(14)16(19)13-7-9-21-18(23(13)17)22-11-12-5-3-2-4-6-12/h2-6,8,10H,7,9,11H2,1H3,(H,21,22). The van der Waals surface area contributed by atoms with E-state index in [1.165, 1.54) is 11.3 Å². The van der Waals surface area contributed by atoms with Crippen LogP contribution in [-0.4, -0.2) is 29.2 Å². The molecule has 0 atom stereocenters. The minimum Gasteiger partial charge on any atom is -0.496 e. The molecule has 1 N–H and O–H groups in total. The molecule has 0 unspecified atom stereocenters. The number of hydrogen-bond donors (Lipinski definition) is 1. The number of halogens is 1. The van der Waals surface area contributed by atoms with Gasteiger partial charge in [0.25, 0.3) is 0 Å². The average Bonchev–Trinajstić information content (AvgIpc) is 2.94. The Balaban J connectivity index is 1.76. The van der Waals surface area contributed by atoms with Gasteiger partial charge in [0.05, 0.1) is 17.0 Å². The predicted molar refractivity (Wildman–Crippen MR) is 98.7 cm³/mol. The Bertz CT molecular complexity index is 918. The molecule has 3 heterocycles. The summed E-state index contributed by atoms with van der Waals surface area (Å²) in [5.41, 5.74) is 3.25. The molecule has 24 heavy (non-hydrogen) atoms. The van der Waals surface area contributed by atoms with Crippen molar-refractivity contribution in [1.82, 2.24) is 14.9 Å². The Labute approximate surface area is 148 Å². The molecule has 3 aromatic rings. The minimum absolute atomic E-state index is 0.723. The van der Waals surface area contributed by atoms with Crippen molar-refractivity contribution in [3.63, 3.8) is 0 Å². The smallest absolute Gasteiger partial charge is 0.204 e. The molecule has 6 heteroatoms. The maximum absolute atomic E-state index is 5.51. The lowest BCUT2D eigenvalue weighted by Crippen LogP contribution is -2.34. The molecule has 1 aliphatic heterocycles. The van der Waals surface area contributed by atoms with E-state index < -0.39 is 0 Å². The van der Waals surface area contributed by atoms with Crippen LogP contribution < -0.4 is 10.1 Å². The molecule has 0 saturated heterocycles. The summed E-state index contributed by atoms with van der Waals surface area (Å²) < 4.78 is 8.64. The van der Waals surface area contributed by atoms with Gasteiger partial charge < -0.3 is 10.1 Å². The van der Waals surface area contributed by atoms with E-state index in [0.29, 0.717) is 0 Å². The third-order valence-corrected chi connectivity index (χ3v) is 5.04. The number of pyridine rings is 1. The molecule has 0 spiro atoms. The van der Waals surface area contributed by atoms with Gasteiger partial charge in [-0.2, -0.15) is 0 Å². The van der Waals surface area contributed by atoms with E-state index in [9.17, 15) is 0 Å². The van der Waals surface area contributed by atoms with Crippen LogP contribution in [0.5, 0.6) is 5.75 Å². The monoisotopic (exact) mass is 384 g/mol. The van der Waals surface area contributed by atoms with E-state index in [-0.39, 0.29) is 0 Å². The summed E-state index contributed by atoms with van der Waals surface area (Å²) in [5.74, 6) is 1.65. The zero-order chi connectivity index (χ0) is 16.5. The molecule has 1 aromatic carbocycles. The van der Waals surface area contributed by atoms with Gasteiger partial charge in [-0.05, 0) is 27.6 Å². The first-order valence-corrected chi connectivity index (χ1v) is 8.63. The summed E-state index contributed by atoms with van der Waals surface area (Å²) in [7, 11) is 1.68. The van der Waals surface area contributed by atoms with Crippen LogP contribution in [-0.2, 0) is 13.0 Å². The van der Waals surface area contributed by atoms with Crippen molar-refractivity contribution in [3.05, 3.63) is 58.3 Å². The number of nitrogens with zero attached hydrogens (tertiary/aromatic N) is 3. The number of methoxy groups -OCH3 is 1. The van der Waals surface area contributed by atoms with Crippen LogP contribution in [0, 0.1) is 0 Å². The van der Waals surface area contributed by atoms with Crippen LogP contribution in [0.15, 0.2) is 52.1 Å². The average molecular weight is 385 g/mol. The van der Waals surface area contributed by atoms with Gasteiger partial charge in [0.1, 0.15) is 5.75 Å². The van der Waals surface area contributed by atoms with E-state index in [1.54, 1.807) is 13.3 Å². The van der Waals surface area contributed by atoms with Crippen LogP contribution in [0.4, 0.5) is 0 Å². The maximum atomic E-state index is 5.51. The molecule has 5 nitrogen and oxygen atoms in total. The SMILES string of the molecule is COc1ccnc2c1c(Br)c1n2C(NCc2ccccc2)=NCC1. The highest BCUT2D eigenvalue weighted by Gasteiger charge is 2.24. The van der Waals surface area contributed by atoms with E-state index in [2.05, 4.69) is 47.9 Å². The molecular weight excluding hydrogens is 368 g/mol. The van der Waals surface area contributed by atoms with Gasteiger partial charge in [-0.15, -0.1) is 0 Å². The third-order valence-electron chi connectivity index (χ3n) is 4.18. The number of aliphatic imine (C=N–C) groups is 1. The second-order valence-electron chi connectivity index (χ2n) is 5.60. The van der Waals surface area contributed by atoms with Crippen molar-refractivity contribution in [1.29, 1.82) is 0 Å². The zero-order valence-corrected chi connectivity index (χ0v) is 14.9. The minimum atomic E-state index is 0.723. The summed E-state index contributed by atoms with van der Waals surface area (Å²) in [6.07, 6.45) is 2.64. The fourth-order valence-corrected chi connectivity index (χ4v) is 3.80. The quantitative estimate of drug-likeness (QED) is 0.752. The first kappa shape index (κ1) is 15.2. The number of nitrogens with one attached hydrogen (secondary N) is 1. The Hall–Kier alpha value is -2.34. The molecule has 0 radical (unpaired) electrons. The highest BCUT2D eigenvalue weighted by molar-refractivity contribution is 9.10. The summed E-state index contributed by atoms with van der Waals surface area (Å²) in [6.45, 7) is 1.48. The number of ether oxygens (including phenoxy) is 1. The fraction of sp³-hybridized carbons (Fsp3) is 0.222.